The smallest absolute Gasteiger partial charge is 0.290 e. The van der Waals surface area contributed by atoms with Crippen molar-refractivity contribution >= 4 is 23.0 Å². The molecule has 0 saturated heterocycles. The number of methoxy groups -OCH3 is 1. The van der Waals surface area contributed by atoms with Crippen LogP contribution in [0.15, 0.2) is 83.4 Å². The van der Waals surface area contributed by atoms with E-state index in [-0.39, 0.29) is 11.4 Å². The molecule has 2 heterocycles. The van der Waals surface area contributed by atoms with Crippen molar-refractivity contribution in [3.05, 3.63) is 99.4 Å². The number of carbonyl (C=O) groups excluding carboxylic acids is 2. The van der Waals surface area contributed by atoms with Crippen molar-refractivity contribution in [2.75, 3.05) is 20.3 Å². The van der Waals surface area contributed by atoms with Crippen LogP contribution in [0.3, 0.4) is 0 Å². The zero-order valence-electron chi connectivity index (χ0n) is 18.3. The number of Topliss-reactive ketones (excluding diaryl/α,β-unsaturated/α-hetero) is 1. The first-order chi connectivity index (χ1) is 16.1. The Morgan fingerprint density at radius 3 is 2.48 bits per heavy atom. The third-order valence-electron chi connectivity index (χ3n) is 5.48. The minimum absolute atomic E-state index is 0.109. The van der Waals surface area contributed by atoms with Crippen molar-refractivity contribution in [1.82, 2.24) is 4.90 Å². The van der Waals surface area contributed by atoms with Crippen LogP contribution < -0.4 is 4.74 Å². The molecule has 4 rings (SSSR count). The Labute approximate surface area is 196 Å². The lowest BCUT2D eigenvalue weighted by Gasteiger charge is -2.27. The van der Waals surface area contributed by atoms with E-state index in [2.05, 4.69) is 0 Å². The SMILES string of the molecule is COCCCN1C(=O)C(O)=C(C(=O)c2cccs2)C1c1ccc(OCc2ccccc2)cc1. The first kappa shape index (κ1) is 22.8. The number of ether oxygens (including phenoxy) is 2. The maximum absolute atomic E-state index is 13.2. The van der Waals surface area contributed by atoms with Crippen LogP contribution >= 0.6 is 11.3 Å². The summed E-state index contributed by atoms with van der Waals surface area (Å²) in [6.07, 6.45) is 0.588. The Morgan fingerprint density at radius 1 is 1.06 bits per heavy atom. The number of rotatable bonds is 10. The lowest BCUT2D eigenvalue weighted by atomic mass is 9.95. The summed E-state index contributed by atoms with van der Waals surface area (Å²) in [5.74, 6) is -0.683. The van der Waals surface area contributed by atoms with Gasteiger partial charge in [0.2, 0.25) is 5.78 Å². The van der Waals surface area contributed by atoms with E-state index >= 15 is 0 Å². The summed E-state index contributed by atoms with van der Waals surface area (Å²) in [5.41, 5.74) is 1.90. The predicted molar refractivity (Wildman–Crippen MR) is 126 cm³/mol. The van der Waals surface area contributed by atoms with Gasteiger partial charge in [-0.2, -0.15) is 0 Å². The number of hydrogen-bond acceptors (Lipinski definition) is 6. The van der Waals surface area contributed by atoms with E-state index in [4.69, 9.17) is 9.47 Å². The van der Waals surface area contributed by atoms with E-state index in [1.54, 1.807) is 24.6 Å². The molecule has 1 amide bonds. The monoisotopic (exact) mass is 463 g/mol. The molecule has 1 aromatic heterocycles. The molecule has 0 fully saturated rings. The molecule has 0 radical (unpaired) electrons. The van der Waals surface area contributed by atoms with Gasteiger partial charge in [-0.05, 0) is 41.1 Å². The molecule has 0 bridgehead atoms. The second-order valence-electron chi connectivity index (χ2n) is 7.66. The number of carbonyl (C=O) groups is 2. The highest BCUT2D eigenvalue weighted by molar-refractivity contribution is 7.12. The highest BCUT2D eigenvalue weighted by atomic mass is 32.1. The van der Waals surface area contributed by atoms with Crippen molar-refractivity contribution in [2.24, 2.45) is 0 Å². The van der Waals surface area contributed by atoms with E-state index < -0.39 is 17.7 Å². The molecule has 1 N–H and O–H groups in total. The molecular formula is C26H25NO5S. The van der Waals surface area contributed by atoms with Crippen molar-refractivity contribution in [3.63, 3.8) is 0 Å². The normalized spacial score (nSPS) is 15.8. The van der Waals surface area contributed by atoms with Gasteiger partial charge in [-0.3, -0.25) is 9.59 Å². The summed E-state index contributed by atoms with van der Waals surface area (Å²) < 4.78 is 11.0. The van der Waals surface area contributed by atoms with Crippen LogP contribution in [0, 0.1) is 0 Å². The fourth-order valence-electron chi connectivity index (χ4n) is 3.87. The van der Waals surface area contributed by atoms with Crippen molar-refractivity contribution < 1.29 is 24.2 Å². The van der Waals surface area contributed by atoms with Gasteiger partial charge < -0.3 is 19.5 Å². The van der Waals surface area contributed by atoms with Crippen molar-refractivity contribution in [2.45, 2.75) is 19.1 Å². The Kier molecular flexibility index (Phi) is 7.22. The third-order valence-corrected chi connectivity index (χ3v) is 6.35. The third kappa shape index (κ3) is 4.99. The number of aliphatic hydroxyl groups excluding tert-OH is 1. The molecular weight excluding hydrogens is 438 g/mol. The van der Waals surface area contributed by atoms with Gasteiger partial charge in [0, 0.05) is 20.3 Å². The lowest BCUT2D eigenvalue weighted by Crippen LogP contribution is -2.32. The summed E-state index contributed by atoms with van der Waals surface area (Å²) in [6, 6.07) is 20.0. The standard InChI is InChI=1S/C26H25NO5S/c1-31-15-6-14-27-23(22(25(29)26(27)30)24(28)21-9-5-16-33-21)19-10-12-20(13-11-19)32-17-18-7-3-2-4-8-18/h2-5,7-13,16,23,29H,6,14-15,17H2,1H3. The largest absolute Gasteiger partial charge is 0.503 e. The van der Waals surface area contributed by atoms with Gasteiger partial charge in [0.05, 0.1) is 16.5 Å². The Hall–Kier alpha value is -3.42. The number of hydrogen-bond donors (Lipinski definition) is 1. The number of benzene rings is 2. The molecule has 3 aromatic rings. The Morgan fingerprint density at radius 2 is 1.82 bits per heavy atom. The second-order valence-corrected chi connectivity index (χ2v) is 8.61. The lowest BCUT2D eigenvalue weighted by molar-refractivity contribution is -0.129. The number of nitrogens with zero attached hydrogens (tertiary/aromatic N) is 1. The molecule has 7 heteroatoms. The molecule has 2 aromatic carbocycles. The van der Waals surface area contributed by atoms with Gasteiger partial charge >= 0.3 is 0 Å². The zero-order valence-corrected chi connectivity index (χ0v) is 19.1. The molecule has 1 aliphatic heterocycles. The highest BCUT2D eigenvalue weighted by Crippen LogP contribution is 2.40. The molecule has 33 heavy (non-hydrogen) atoms. The predicted octanol–water partition coefficient (Wildman–Crippen LogP) is 4.94. The first-order valence-electron chi connectivity index (χ1n) is 10.7. The molecule has 1 aliphatic rings. The average Bonchev–Trinajstić information content (AvgIpc) is 3.47. The van der Waals surface area contributed by atoms with Crippen LogP contribution in [0.5, 0.6) is 5.75 Å². The molecule has 0 spiro atoms. The minimum atomic E-state index is -0.674. The van der Waals surface area contributed by atoms with Gasteiger partial charge in [0.1, 0.15) is 12.4 Å². The van der Waals surface area contributed by atoms with Crippen molar-refractivity contribution in [3.8, 4) is 5.75 Å². The topological polar surface area (TPSA) is 76.1 Å². The fourth-order valence-corrected chi connectivity index (χ4v) is 4.55. The van der Waals surface area contributed by atoms with Gasteiger partial charge in [-0.15, -0.1) is 11.3 Å². The van der Waals surface area contributed by atoms with E-state index in [0.29, 0.717) is 36.8 Å². The summed E-state index contributed by atoms with van der Waals surface area (Å²) in [6.45, 7) is 1.26. The fraction of sp³-hybridized carbons (Fsp3) is 0.231. The first-order valence-corrected chi connectivity index (χ1v) is 11.6. The zero-order chi connectivity index (χ0) is 23.2. The Bertz CT molecular complexity index is 1120. The summed E-state index contributed by atoms with van der Waals surface area (Å²) in [7, 11) is 1.60. The minimum Gasteiger partial charge on any atom is -0.503 e. The maximum Gasteiger partial charge on any atom is 0.290 e. The highest BCUT2D eigenvalue weighted by Gasteiger charge is 2.43. The van der Waals surface area contributed by atoms with Crippen LogP contribution in [-0.2, 0) is 16.1 Å². The molecule has 1 unspecified atom stereocenters. The summed E-state index contributed by atoms with van der Waals surface area (Å²) in [5, 5.41) is 12.5. The van der Waals surface area contributed by atoms with Crippen molar-refractivity contribution in [1.29, 1.82) is 0 Å². The van der Waals surface area contributed by atoms with Gasteiger partial charge in [-0.25, -0.2) is 0 Å². The Balaban J connectivity index is 1.60. The molecule has 1 atom stereocenters. The maximum atomic E-state index is 13.2. The quantitative estimate of drug-likeness (QED) is 0.340. The van der Waals surface area contributed by atoms with Gasteiger partial charge in [0.25, 0.3) is 5.91 Å². The van der Waals surface area contributed by atoms with Crippen LogP contribution in [0.2, 0.25) is 0 Å². The van der Waals surface area contributed by atoms with Crippen LogP contribution in [-0.4, -0.2) is 42.0 Å². The van der Waals surface area contributed by atoms with E-state index in [0.717, 1.165) is 11.1 Å². The van der Waals surface area contributed by atoms with Gasteiger partial charge in [-0.1, -0.05) is 48.5 Å². The molecule has 6 nitrogen and oxygen atoms in total. The van der Waals surface area contributed by atoms with Crippen LogP contribution in [0.25, 0.3) is 0 Å². The number of thiophene rings is 1. The summed E-state index contributed by atoms with van der Waals surface area (Å²) in [4.78, 5) is 28.1. The van der Waals surface area contributed by atoms with E-state index in [1.807, 2.05) is 54.6 Å². The van der Waals surface area contributed by atoms with Crippen LogP contribution in [0.4, 0.5) is 0 Å². The molecule has 170 valence electrons. The number of aliphatic hydroxyl groups is 1. The number of amides is 1. The van der Waals surface area contributed by atoms with E-state index in [9.17, 15) is 14.7 Å². The average molecular weight is 464 g/mol. The molecule has 0 aliphatic carbocycles. The molecule has 0 saturated carbocycles. The van der Waals surface area contributed by atoms with Crippen LogP contribution in [0.1, 0.15) is 33.3 Å². The summed E-state index contributed by atoms with van der Waals surface area (Å²) >= 11 is 1.28. The van der Waals surface area contributed by atoms with E-state index in [1.165, 1.54) is 16.2 Å². The van der Waals surface area contributed by atoms with Gasteiger partial charge in [0.15, 0.2) is 5.76 Å². The number of ketones is 1. The second kappa shape index (κ2) is 10.5.